The van der Waals surface area contributed by atoms with Gasteiger partial charge < -0.3 is 10.6 Å². The van der Waals surface area contributed by atoms with Crippen molar-refractivity contribution >= 4 is 11.8 Å². The van der Waals surface area contributed by atoms with Crippen molar-refractivity contribution in [1.29, 1.82) is 0 Å². The average molecular weight is 325 g/mol. The standard InChI is InChI=1S/C19H23N3O2/c1-4-13(2)22-19(24)16-7-5-6-15(10-16)11-21-18(23)17-9-8-14(3)20-12-17/h5-10,12-13H,4,11H2,1-3H3,(H,21,23)(H,22,24). The van der Waals surface area contributed by atoms with Gasteiger partial charge in [-0.25, -0.2) is 0 Å². The van der Waals surface area contributed by atoms with Gasteiger partial charge in [-0.15, -0.1) is 0 Å². The van der Waals surface area contributed by atoms with Crippen LogP contribution >= 0.6 is 0 Å². The van der Waals surface area contributed by atoms with Gasteiger partial charge in [0.05, 0.1) is 5.56 Å². The number of benzene rings is 1. The summed E-state index contributed by atoms with van der Waals surface area (Å²) in [6, 6.07) is 10.9. The van der Waals surface area contributed by atoms with Gasteiger partial charge in [-0.05, 0) is 50.1 Å². The van der Waals surface area contributed by atoms with Crippen molar-refractivity contribution in [2.24, 2.45) is 0 Å². The molecule has 0 aliphatic rings. The maximum Gasteiger partial charge on any atom is 0.253 e. The summed E-state index contributed by atoms with van der Waals surface area (Å²) in [6.45, 7) is 6.23. The highest BCUT2D eigenvalue weighted by Gasteiger charge is 2.10. The second-order valence-electron chi connectivity index (χ2n) is 5.85. The Bertz CT molecular complexity index is 711. The summed E-state index contributed by atoms with van der Waals surface area (Å²) in [5.41, 5.74) is 2.86. The number of nitrogens with one attached hydrogen (secondary N) is 2. The largest absolute Gasteiger partial charge is 0.350 e. The molecule has 1 aromatic carbocycles. The molecule has 0 bridgehead atoms. The number of hydrogen-bond donors (Lipinski definition) is 2. The minimum atomic E-state index is -0.183. The molecule has 1 heterocycles. The fourth-order valence-electron chi connectivity index (χ4n) is 2.12. The summed E-state index contributed by atoms with van der Waals surface area (Å²) < 4.78 is 0. The van der Waals surface area contributed by atoms with Crippen molar-refractivity contribution in [3.8, 4) is 0 Å². The van der Waals surface area contributed by atoms with Gasteiger partial charge in [0.1, 0.15) is 0 Å². The number of pyridine rings is 1. The van der Waals surface area contributed by atoms with Crippen LogP contribution in [0.4, 0.5) is 0 Å². The number of carbonyl (C=O) groups is 2. The number of rotatable bonds is 6. The Morgan fingerprint density at radius 1 is 1.12 bits per heavy atom. The lowest BCUT2D eigenvalue weighted by Crippen LogP contribution is -2.32. The van der Waals surface area contributed by atoms with Gasteiger partial charge in [-0.2, -0.15) is 0 Å². The third-order valence-corrected chi connectivity index (χ3v) is 3.81. The van der Waals surface area contributed by atoms with E-state index in [1.807, 2.05) is 32.9 Å². The molecule has 0 saturated carbocycles. The van der Waals surface area contributed by atoms with Crippen LogP contribution in [-0.2, 0) is 6.54 Å². The minimum absolute atomic E-state index is 0.0970. The summed E-state index contributed by atoms with van der Waals surface area (Å²) in [4.78, 5) is 28.4. The number of carbonyl (C=O) groups excluding carboxylic acids is 2. The van der Waals surface area contributed by atoms with Gasteiger partial charge in [-0.3, -0.25) is 14.6 Å². The summed E-state index contributed by atoms with van der Waals surface area (Å²) in [7, 11) is 0. The predicted molar refractivity (Wildman–Crippen MR) is 93.8 cm³/mol. The first-order valence-electron chi connectivity index (χ1n) is 8.10. The lowest BCUT2D eigenvalue weighted by molar-refractivity contribution is 0.0936. The van der Waals surface area contributed by atoms with Crippen LogP contribution in [0.5, 0.6) is 0 Å². The van der Waals surface area contributed by atoms with E-state index in [1.54, 1.807) is 30.5 Å². The third kappa shape index (κ3) is 4.91. The van der Waals surface area contributed by atoms with Crippen LogP contribution in [0.15, 0.2) is 42.6 Å². The predicted octanol–water partition coefficient (Wildman–Crippen LogP) is 2.85. The molecule has 24 heavy (non-hydrogen) atoms. The summed E-state index contributed by atoms with van der Waals surface area (Å²) in [6.07, 6.45) is 2.44. The lowest BCUT2D eigenvalue weighted by atomic mass is 10.1. The number of aromatic nitrogens is 1. The third-order valence-electron chi connectivity index (χ3n) is 3.81. The zero-order valence-electron chi connectivity index (χ0n) is 14.3. The zero-order chi connectivity index (χ0) is 17.5. The van der Waals surface area contributed by atoms with Gasteiger partial charge >= 0.3 is 0 Å². The molecule has 1 aromatic heterocycles. The van der Waals surface area contributed by atoms with Crippen molar-refractivity contribution in [3.63, 3.8) is 0 Å². The lowest BCUT2D eigenvalue weighted by Gasteiger charge is -2.12. The van der Waals surface area contributed by atoms with Crippen LogP contribution in [0.2, 0.25) is 0 Å². The highest BCUT2D eigenvalue weighted by molar-refractivity contribution is 5.95. The molecule has 1 atom stereocenters. The Labute approximate surface area is 142 Å². The molecule has 0 saturated heterocycles. The molecule has 0 radical (unpaired) electrons. The van der Waals surface area contributed by atoms with E-state index in [0.717, 1.165) is 17.7 Å². The first-order valence-corrected chi connectivity index (χ1v) is 8.10. The molecule has 5 heteroatoms. The monoisotopic (exact) mass is 325 g/mol. The fourth-order valence-corrected chi connectivity index (χ4v) is 2.12. The Hall–Kier alpha value is -2.69. The van der Waals surface area contributed by atoms with Gasteiger partial charge in [-0.1, -0.05) is 19.1 Å². The van der Waals surface area contributed by atoms with Gasteiger partial charge in [0.2, 0.25) is 0 Å². The van der Waals surface area contributed by atoms with Crippen molar-refractivity contribution in [2.45, 2.75) is 39.8 Å². The number of aryl methyl sites for hydroxylation is 1. The molecular formula is C19H23N3O2. The van der Waals surface area contributed by atoms with Crippen molar-refractivity contribution in [1.82, 2.24) is 15.6 Å². The van der Waals surface area contributed by atoms with Gasteiger partial charge in [0, 0.05) is 30.0 Å². The molecule has 0 aliphatic carbocycles. The van der Waals surface area contributed by atoms with E-state index in [9.17, 15) is 9.59 Å². The van der Waals surface area contributed by atoms with Crippen LogP contribution in [0.25, 0.3) is 0 Å². The highest BCUT2D eigenvalue weighted by atomic mass is 16.2. The van der Waals surface area contributed by atoms with Crippen molar-refractivity contribution in [2.75, 3.05) is 0 Å². The van der Waals surface area contributed by atoms with Crippen molar-refractivity contribution < 1.29 is 9.59 Å². The summed E-state index contributed by atoms with van der Waals surface area (Å²) in [5, 5.41) is 5.78. The topological polar surface area (TPSA) is 71.1 Å². The van der Waals surface area contributed by atoms with E-state index in [-0.39, 0.29) is 17.9 Å². The summed E-state index contributed by atoms with van der Waals surface area (Å²) >= 11 is 0. The van der Waals surface area contributed by atoms with Crippen LogP contribution in [0, 0.1) is 6.92 Å². The molecule has 0 spiro atoms. The molecule has 2 aromatic rings. The molecule has 1 unspecified atom stereocenters. The van der Waals surface area contributed by atoms with Crippen LogP contribution in [0.3, 0.4) is 0 Å². The molecule has 0 aliphatic heterocycles. The quantitative estimate of drug-likeness (QED) is 0.858. The van der Waals surface area contributed by atoms with E-state index in [2.05, 4.69) is 15.6 Å². The van der Waals surface area contributed by atoms with E-state index in [0.29, 0.717) is 17.7 Å². The maximum atomic E-state index is 12.2. The maximum absolute atomic E-state index is 12.2. The number of amides is 2. The Morgan fingerprint density at radius 2 is 1.92 bits per heavy atom. The number of nitrogens with zero attached hydrogens (tertiary/aromatic N) is 1. The fraction of sp³-hybridized carbons (Fsp3) is 0.316. The molecule has 5 nitrogen and oxygen atoms in total. The highest BCUT2D eigenvalue weighted by Crippen LogP contribution is 2.07. The van der Waals surface area contributed by atoms with E-state index in [4.69, 9.17) is 0 Å². The second kappa shape index (κ2) is 8.24. The molecule has 0 fully saturated rings. The molecule has 2 amide bonds. The van der Waals surface area contributed by atoms with E-state index >= 15 is 0 Å². The Morgan fingerprint density at radius 3 is 2.58 bits per heavy atom. The van der Waals surface area contributed by atoms with Crippen LogP contribution in [0.1, 0.15) is 52.2 Å². The molecule has 2 N–H and O–H groups in total. The zero-order valence-corrected chi connectivity index (χ0v) is 14.3. The van der Waals surface area contributed by atoms with Crippen LogP contribution in [-0.4, -0.2) is 22.8 Å². The van der Waals surface area contributed by atoms with E-state index in [1.165, 1.54) is 0 Å². The SMILES string of the molecule is CCC(C)NC(=O)c1cccc(CNC(=O)c2ccc(C)nc2)c1. The molecule has 2 rings (SSSR count). The summed E-state index contributed by atoms with van der Waals surface area (Å²) in [5.74, 6) is -0.280. The second-order valence-corrected chi connectivity index (χ2v) is 5.85. The minimum Gasteiger partial charge on any atom is -0.350 e. The van der Waals surface area contributed by atoms with Gasteiger partial charge in [0.15, 0.2) is 0 Å². The Balaban J connectivity index is 1.98. The van der Waals surface area contributed by atoms with E-state index < -0.39 is 0 Å². The Kier molecular flexibility index (Phi) is 6.07. The first kappa shape index (κ1) is 17.7. The number of hydrogen-bond acceptors (Lipinski definition) is 3. The van der Waals surface area contributed by atoms with Gasteiger partial charge in [0.25, 0.3) is 11.8 Å². The average Bonchev–Trinajstić information content (AvgIpc) is 2.60. The first-order chi connectivity index (χ1) is 11.5. The molecular weight excluding hydrogens is 302 g/mol. The smallest absolute Gasteiger partial charge is 0.253 e. The van der Waals surface area contributed by atoms with Crippen LogP contribution < -0.4 is 10.6 Å². The van der Waals surface area contributed by atoms with Crippen molar-refractivity contribution in [3.05, 3.63) is 65.0 Å². The molecule has 126 valence electrons. The normalized spacial score (nSPS) is 11.6.